The molecule has 4 fully saturated rings. The number of rotatable bonds is 9. The molecule has 78 heavy (non-hydrogen) atoms. The van der Waals surface area contributed by atoms with Gasteiger partial charge in [0, 0.05) is 55.5 Å². The Bertz CT molecular complexity index is 3140. The lowest BCUT2D eigenvalue weighted by atomic mass is 10.1. The molecule has 4 saturated heterocycles. The molecule has 2 aromatic carbocycles. The topological polar surface area (TPSA) is 235 Å². The number of nitrogens with one attached hydrogen (secondary N) is 2. The molecule has 10 heterocycles. The summed E-state index contributed by atoms with van der Waals surface area (Å²) in [7, 11) is 0. The van der Waals surface area contributed by atoms with Gasteiger partial charge in [0.05, 0.1) is 77.9 Å². The summed E-state index contributed by atoms with van der Waals surface area (Å²) >= 11 is 0. The zero-order chi connectivity index (χ0) is 55.0. The van der Waals surface area contributed by atoms with Gasteiger partial charge in [0.1, 0.15) is 25.4 Å². The van der Waals surface area contributed by atoms with E-state index in [4.69, 9.17) is 34.2 Å². The standard InChI is InChI=1S/C26H26F3N7O4.C15H13F3N4.C10H15N3O3/c1-25(2)39-14-19(40-25)13-38-21-9-17(10-31-34-21)32-24(37)36-18-6-7-35(12-18)20-11-30-22(33-23(20)36)15-4-3-5-16(8-15)26(27,28)29;16-15(17,18)10-3-1-2-9(6-10)13-19-7-12-14(21-13)20-11-4-5-22(12)8-11;1-10(2)15-6-8(16-10)5-14-9-3-7(11)4-12-13-9/h3-5,8-11,18-19H,6-7,12-14H2,1-2H3,(H,32,34,37);1-3,6-7,11H,4-5,8H2,(H,19,20,21);3-4,8H,5-6H2,1-2H3,(H2,11,13)/t18-,19+;11-;8-/m001/s1. The van der Waals surface area contributed by atoms with Crippen LogP contribution in [-0.4, -0.2) is 135 Å². The Morgan fingerprint density at radius 1 is 0.731 bits per heavy atom. The van der Waals surface area contributed by atoms with Crippen LogP contribution in [0.4, 0.5) is 65.5 Å². The summed E-state index contributed by atoms with van der Waals surface area (Å²) in [5.74, 6) is 0.812. The molecule has 4 bridgehead atoms. The number of carbonyl (C=O) groups excluding carboxylic acids is 1. The number of hydrogen-bond donors (Lipinski definition) is 3. The Balaban J connectivity index is 0.000000151. The van der Waals surface area contributed by atoms with Gasteiger partial charge in [-0.1, -0.05) is 24.3 Å². The molecule has 4 aromatic heterocycles. The van der Waals surface area contributed by atoms with Crippen LogP contribution in [0.3, 0.4) is 0 Å². The SMILES string of the molecule is CC1(C)OC[C@@H](COc2cc(N)cnn2)O1.CC1(C)OC[C@@H](COc2cc(NC(=O)N3c4nc(-c5cccc(C(F)(F)F)c5)ncc4N4CC[C@H]3C4)cnn2)O1.FC(F)(F)c1cccc(-c2ncc3c(n2)N[C@H]2CCN3C2)c1. The molecule has 6 aliphatic rings. The Morgan fingerprint density at radius 3 is 1.88 bits per heavy atom. The van der Waals surface area contributed by atoms with Crippen molar-refractivity contribution in [3.05, 3.63) is 96.6 Å². The molecule has 0 spiro atoms. The molecule has 6 aliphatic heterocycles. The van der Waals surface area contributed by atoms with E-state index in [1.54, 1.807) is 30.6 Å². The first-order valence-corrected chi connectivity index (χ1v) is 24.9. The second kappa shape index (κ2) is 21.6. The summed E-state index contributed by atoms with van der Waals surface area (Å²) in [5, 5.41) is 21.5. The first kappa shape index (κ1) is 53.6. The number of anilines is 6. The predicted octanol–water partition coefficient (Wildman–Crippen LogP) is 7.87. The molecule has 0 aliphatic carbocycles. The fourth-order valence-corrected chi connectivity index (χ4v) is 9.47. The van der Waals surface area contributed by atoms with Gasteiger partial charge in [0.25, 0.3) is 0 Å². The van der Waals surface area contributed by atoms with Crippen molar-refractivity contribution in [2.75, 3.05) is 83.7 Å². The second-order valence-corrected chi connectivity index (χ2v) is 19.9. The third kappa shape index (κ3) is 12.6. The highest BCUT2D eigenvalue weighted by atomic mass is 19.4. The second-order valence-electron chi connectivity index (χ2n) is 19.9. The van der Waals surface area contributed by atoms with Gasteiger partial charge in [-0.3, -0.25) is 4.90 Å². The summed E-state index contributed by atoms with van der Waals surface area (Å²) in [4.78, 5) is 36.9. The Kier molecular flexibility index (Phi) is 14.8. The van der Waals surface area contributed by atoms with Crippen LogP contribution in [0.25, 0.3) is 22.8 Å². The number of amides is 2. The van der Waals surface area contributed by atoms with Crippen molar-refractivity contribution in [3.8, 4) is 34.5 Å². The van der Waals surface area contributed by atoms with Crippen LogP contribution in [-0.2, 0) is 31.3 Å². The molecule has 12 rings (SSSR count). The van der Waals surface area contributed by atoms with Crippen LogP contribution < -0.4 is 40.5 Å². The first-order valence-electron chi connectivity index (χ1n) is 24.9. The number of ether oxygens (including phenoxy) is 6. The van der Waals surface area contributed by atoms with Crippen molar-refractivity contribution >= 4 is 40.4 Å². The number of nitrogens with two attached hydrogens (primary N) is 1. The van der Waals surface area contributed by atoms with E-state index in [9.17, 15) is 31.1 Å². The normalized spacial score (nSPS) is 21.3. The maximum absolute atomic E-state index is 13.6. The molecule has 0 radical (unpaired) electrons. The smallest absolute Gasteiger partial charge is 0.416 e. The minimum atomic E-state index is -4.50. The quantitative estimate of drug-likeness (QED) is 0.117. The average molecular weight is 1090 g/mol. The number of urea groups is 1. The van der Waals surface area contributed by atoms with Crippen molar-refractivity contribution in [1.29, 1.82) is 0 Å². The van der Waals surface area contributed by atoms with E-state index in [1.165, 1.54) is 35.5 Å². The number of alkyl halides is 6. The summed E-state index contributed by atoms with van der Waals surface area (Å²) in [6, 6.07) is 12.8. The molecule has 4 atom stereocenters. The van der Waals surface area contributed by atoms with Crippen LogP contribution in [0.2, 0.25) is 0 Å². The summed E-state index contributed by atoms with van der Waals surface area (Å²) in [5.41, 5.74) is 7.06. The van der Waals surface area contributed by atoms with Crippen molar-refractivity contribution in [2.24, 2.45) is 0 Å². The molecule has 412 valence electrons. The van der Waals surface area contributed by atoms with E-state index >= 15 is 0 Å². The van der Waals surface area contributed by atoms with Crippen molar-refractivity contribution in [2.45, 2.75) is 88.8 Å². The maximum atomic E-state index is 13.6. The van der Waals surface area contributed by atoms with E-state index in [0.717, 1.165) is 49.5 Å². The molecule has 27 heteroatoms. The third-order valence-corrected chi connectivity index (χ3v) is 13.1. The van der Waals surface area contributed by atoms with Crippen molar-refractivity contribution < 1.29 is 59.6 Å². The van der Waals surface area contributed by atoms with Crippen LogP contribution in [0.15, 0.2) is 85.5 Å². The number of halogens is 6. The van der Waals surface area contributed by atoms with Gasteiger partial charge in [-0.2, -0.15) is 36.5 Å². The highest BCUT2D eigenvalue weighted by Crippen LogP contribution is 2.41. The maximum Gasteiger partial charge on any atom is 0.416 e. The zero-order valence-corrected chi connectivity index (χ0v) is 42.6. The highest BCUT2D eigenvalue weighted by molar-refractivity contribution is 6.04. The van der Waals surface area contributed by atoms with Gasteiger partial charge in [0.2, 0.25) is 11.8 Å². The van der Waals surface area contributed by atoms with E-state index in [-0.39, 0.29) is 42.1 Å². The molecular formula is C51H54F6N14O7. The van der Waals surface area contributed by atoms with Gasteiger partial charge in [-0.05, 0) is 64.8 Å². The minimum Gasteiger partial charge on any atom is -0.474 e. The number of nitrogen functional groups attached to an aromatic ring is 1. The highest BCUT2D eigenvalue weighted by Gasteiger charge is 2.42. The lowest BCUT2D eigenvalue weighted by molar-refractivity contribution is -0.142. The lowest BCUT2D eigenvalue weighted by Crippen LogP contribution is -2.48. The van der Waals surface area contributed by atoms with Crippen LogP contribution in [0.5, 0.6) is 11.8 Å². The molecule has 21 nitrogen and oxygen atoms in total. The monoisotopic (exact) mass is 1090 g/mol. The van der Waals surface area contributed by atoms with E-state index in [1.807, 2.05) is 27.7 Å². The minimum absolute atomic E-state index is 0.0850. The molecule has 6 aromatic rings. The van der Waals surface area contributed by atoms with Crippen molar-refractivity contribution in [3.63, 3.8) is 0 Å². The van der Waals surface area contributed by atoms with Gasteiger partial charge >= 0.3 is 18.4 Å². The molecule has 0 saturated carbocycles. The molecule has 4 N–H and O–H groups in total. The van der Waals surface area contributed by atoms with Crippen molar-refractivity contribution in [1.82, 2.24) is 40.3 Å². The van der Waals surface area contributed by atoms with E-state index < -0.39 is 41.1 Å². The van der Waals surface area contributed by atoms with Gasteiger partial charge in [-0.15, -0.1) is 10.2 Å². The van der Waals surface area contributed by atoms with Gasteiger partial charge in [0.15, 0.2) is 34.9 Å². The van der Waals surface area contributed by atoms with Crippen LogP contribution in [0, 0.1) is 0 Å². The average Bonchev–Trinajstić information content (AvgIpc) is 4.21. The van der Waals surface area contributed by atoms with E-state index in [0.29, 0.717) is 91.3 Å². The summed E-state index contributed by atoms with van der Waals surface area (Å²) in [6.45, 7) is 12.0. The largest absolute Gasteiger partial charge is 0.474 e. The molecular weight excluding hydrogens is 1030 g/mol. The number of benzene rings is 2. The molecule has 0 unspecified atom stereocenters. The number of fused-ring (bicyclic) bond motifs is 8. The summed E-state index contributed by atoms with van der Waals surface area (Å²) < 4.78 is 112. The van der Waals surface area contributed by atoms with Gasteiger partial charge < -0.3 is 54.6 Å². The third-order valence-electron chi connectivity index (χ3n) is 13.1. The number of hydrogen-bond acceptors (Lipinski definition) is 19. The Labute approximate surface area is 442 Å². The number of nitrogens with zero attached hydrogens (tertiary/aromatic N) is 11. The zero-order valence-electron chi connectivity index (χ0n) is 42.6. The predicted molar refractivity (Wildman–Crippen MR) is 271 cm³/mol. The van der Waals surface area contributed by atoms with E-state index in [2.05, 4.69) is 60.8 Å². The Hall–Kier alpha value is -7.75. The van der Waals surface area contributed by atoms with Gasteiger partial charge in [-0.25, -0.2) is 24.7 Å². The summed E-state index contributed by atoms with van der Waals surface area (Å²) in [6.07, 6.45) is -1.39. The number of carbonyl (C=O) groups is 1. The van der Waals surface area contributed by atoms with Crippen LogP contribution in [0.1, 0.15) is 51.7 Å². The Morgan fingerprint density at radius 2 is 1.29 bits per heavy atom. The fraction of sp³-hybridized carbons (Fsp3) is 0.431. The first-order chi connectivity index (χ1) is 37.1. The number of aromatic nitrogens is 8. The molecule has 2 amide bonds. The fourth-order valence-electron chi connectivity index (χ4n) is 9.47. The lowest BCUT2D eigenvalue weighted by Gasteiger charge is -2.35. The van der Waals surface area contributed by atoms with Crippen LogP contribution >= 0.6 is 0 Å².